The molecule has 0 aliphatic heterocycles. The molecule has 1 aromatic rings. The van der Waals surface area contributed by atoms with Crippen LogP contribution in [0.15, 0.2) is 24.3 Å². The average Bonchev–Trinajstić information content (AvgIpc) is 2.22. The predicted octanol–water partition coefficient (Wildman–Crippen LogP) is 0.987. The van der Waals surface area contributed by atoms with E-state index >= 15 is 0 Å². The van der Waals surface area contributed by atoms with E-state index in [1.54, 1.807) is 0 Å². The zero-order valence-corrected chi connectivity index (χ0v) is 8.09. The molecule has 0 bridgehead atoms. The van der Waals surface area contributed by atoms with E-state index in [1.165, 1.54) is 24.3 Å². The van der Waals surface area contributed by atoms with Crippen molar-refractivity contribution in [1.82, 2.24) is 5.32 Å². The Morgan fingerprint density at radius 3 is 2.67 bits per heavy atom. The number of nitrogens with one attached hydrogen (secondary N) is 2. The number of hydrogen-bond acceptors (Lipinski definition) is 2. The largest absolute Gasteiger partial charge is 0.325 e. The third-order valence-electron chi connectivity index (χ3n) is 1.64. The van der Waals surface area contributed by atoms with Crippen molar-refractivity contribution in [2.45, 2.75) is 0 Å². The molecule has 0 aliphatic carbocycles. The molecule has 0 saturated heterocycles. The number of benzene rings is 1. The summed E-state index contributed by atoms with van der Waals surface area (Å²) in [6.07, 6.45) is 5.00. The SMILES string of the molecule is C#CCNCC(=O)Nc1ccc(F)cc1. The van der Waals surface area contributed by atoms with Crippen LogP contribution in [-0.2, 0) is 4.79 Å². The molecular formula is C11H11FN2O. The fourth-order valence-corrected chi connectivity index (χ4v) is 0.987. The summed E-state index contributed by atoms with van der Waals surface area (Å²) in [6, 6.07) is 5.55. The standard InChI is InChI=1S/C11H11FN2O/c1-2-7-13-8-11(15)14-10-5-3-9(12)4-6-10/h1,3-6,13H,7-8H2,(H,14,15). The molecule has 1 aromatic carbocycles. The Morgan fingerprint density at radius 1 is 1.40 bits per heavy atom. The molecule has 2 N–H and O–H groups in total. The number of terminal acetylenes is 1. The summed E-state index contributed by atoms with van der Waals surface area (Å²) in [5.41, 5.74) is 0.559. The average molecular weight is 206 g/mol. The van der Waals surface area contributed by atoms with Crippen molar-refractivity contribution in [3.05, 3.63) is 30.1 Å². The lowest BCUT2D eigenvalue weighted by molar-refractivity contribution is -0.115. The molecule has 0 aliphatic rings. The van der Waals surface area contributed by atoms with E-state index in [1.807, 2.05) is 0 Å². The van der Waals surface area contributed by atoms with Gasteiger partial charge in [0.15, 0.2) is 0 Å². The van der Waals surface area contributed by atoms with Crippen molar-refractivity contribution < 1.29 is 9.18 Å². The number of carbonyl (C=O) groups excluding carboxylic acids is 1. The van der Waals surface area contributed by atoms with Crippen molar-refractivity contribution in [2.24, 2.45) is 0 Å². The number of anilines is 1. The van der Waals surface area contributed by atoms with E-state index in [-0.39, 0.29) is 18.3 Å². The van der Waals surface area contributed by atoms with Crippen LogP contribution >= 0.6 is 0 Å². The maximum Gasteiger partial charge on any atom is 0.238 e. The summed E-state index contributed by atoms with van der Waals surface area (Å²) in [4.78, 5) is 11.2. The molecule has 0 radical (unpaired) electrons. The van der Waals surface area contributed by atoms with E-state index in [2.05, 4.69) is 16.6 Å². The molecule has 1 amide bonds. The molecule has 0 heterocycles. The maximum absolute atomic E-state index is 12.5. The van der Waals surface area contributed by atoms with Gasteiger partial charge >= 0.3 is 0 Å². The fourth-order valence-electron chi connectivity index (χ4n) is 0.987. The van der Waals surface area contributed by atoms with Crippen LogP contribution in [0.1, 0.15) is 0 Å². The lowest BCUT2D eigenvalue weighted by Crippen LogP contribution is -2.28. The quantitative estimate of drug-likeness (QED) is 0.569. The van der Waals surface area contributed by atoms with Crippen LogP contribution in [0.2, 0.25) is 0 Å². The van der Waals surface area contributed by atoms with Crippen molar-refractivity contribution >= 4 is 11.6 Å². The first-order chi connectivity index (χ1) is 7.22. The summed E-state index contributed by atoms with van der Waals surface area (Å²) in [5.74, 6) is 1.81. The van der Waals surface area contributed by atoms with Gasteiger partial charge in [-0.3, -0.25) is 10.1 Å². The molecule has 0 atom stereocenters. The molecule has 3 nitrogen and oxygen atoms in total. The minimum atomic E-state index is -0.335. The van der Waals surface area contributed by atoms with E-state index < -0.39 is 0 Å². The summed E-state index contributed by atoms with van der Waals surface area (Å²) in [6.45, 7) is 0.485. The summed E-state index contributed by atoms with van der Waals surface area (Å²) >= 11 is 0. The topological polar surface area (TPSA) is 41.1 Å². The highest BCUT2D eigenvalue weighted by molar-refractivity contribution is 5.92. The fraction of sp³-hybridized carbons (Fsp3) is 0.182. The van der Waals surface area contributed by atoms with E-state index in [4.69, 9.17) is 6.42 Å². The van der Waals surface area contributed by atoms with Crippen LogP contribution < -0.4 is 10.6 Å². The number of hydrogen-bond donors (Lipinski definition) is 2. The van der Waals surface area contributed by atoms with E-state index in [9.17, 15) is 9.18 Å². The molecule has 78 valence electrons. The van der Waals surface area contributed by atoms with Gasteiger partial charge in [-0.05, 0) is 24.3 Å². The third kappa shape index (κ3) is 4.25. The van der Waals surface area contributed by atoms with Crippen molar-refractivity contribution in [1.29, 1.82) is 0 Å². The number of carbonyl (C=O) groups is 1. The van der Waals surface area contributed by atoms with Gasteiger partial charge in [-0.25, -0.2) is 4.39 Å². The summed E-state index contributed by atoms with van der Waals surface area (Å²) in [7, 11) is 0. The molecular weight excluding hydrogens is 195 g/mol. The lowest BCUT2D eigenvalue weighted by atomic mass is 10.3. The molecule has 15 heavy (non-hydrogen) atoms. The van der Waals surface area contributed by atoms with Gasteiger partial charge in [-0.1, -0.05) is 5.92 Å². The second-order valence-corrected chi connectivity index (χ2v) is 2.86. The van der Waals surface area contributed by atoms with Crippen molar-refractivity contribution in [2.75, 3.05) is 18.4 Å². The van der Waals surface area contributed by atoms with E-state index in [0.717, 1.165) is 0 Å². The van der Waals surface area contributed by atoms with Crippen LogP contribution in [0, 0.1) is 18.2 Å². The smallest absolute Gasteiger partial charge is 0.238 e. The third-order valence-corrected chi connectivity index (χ3v) is 1.64. The van der Waals surface area contributed by atoms with Crippen LogP contribution in [-0.4, -0.2) is 19.0 Å². The Morgan fingerprint density at radius 2 is 2.07 bits per heavy atom. The monoisotopic (exact) mass is 206 g/mol. The normalized spacial score (nSPS) is 9.33. The van der Waals surface area contributed by atoms with Crippen LogP contribution in [0.4, 0.5) is 10.1 Å². The number of rotatable bonds is 4. The van der Waals surface area contributed by atoms with Gasteiger partial charge in [0.1, 0.15) is 5.82 Å². The zero-order valence-electron chi connectivity index (χ0n) is 8.09. The lowest BCUT2D eigenvalue weighted by Gasteiger charge is -2.04. The molecule has 0 aromatic heterocycles. The first-order valence-corrected chi connectivity index (χ1v) is 4.42. The molecule has 0 fully saturated rings. The first-order valence-electron chi connectivity index (χ1n) is 4.42. The molecule has 1 rings (SSSR count). The first kappa shape index (κ1) is 11.2. The van der Waals surface area contributed by atoms with Gasteiger partial charge in [0.2, 0.25) is 5.91 Å². The molecule has 0 saturated carbocycles. The second kappa shape index (κ2) is 5.78. The Hall–Kier alpha value is -1.86. The summed E-state index contributed by atoms with van der Waals surface area (Å²) < 4.78 is 12.5. The van der Waals surface area contributed by atoms with Gasteiger partial charge in [0.25, 0.3) is 0 Å². The van der Waals surface area contributed by atoms with Gasteiger partial charge < -0.3 is 5.32 Å². The Labute approximate surface area is 87.7 Å². The van der Waals surface area contributed by atoms with Gasteiger partial charge in [0.05, 0.1) is 13.1 Å². The van der Waals surface area contributed by atoms with Crippen molar-refractivity contribution in [3.63, 3.8) is 0 Å². The number of amides is 1. The summed E-state index contributed by atoms with van der Waals surface area (Å²) in [5, 5.41) is 5.34. The van der Waals surface area contributed by atoms with Crippen LogP contribution in [0.25, 0.3) is 0 Å². The second-order valence-electron chi connectivity index (χ2n) is 2.86. The Balaban J connectivity index is 2.38. The molecule has 4 heteroatoms. The highest BCUT2D eigenvalue weighted by Crippen LogP contribution is 2.07. The Bertz CT molecular complexity index is 367. The van der Waals surface area contributed by atoms with Crippen LogP contribution in [0.3, 0.4) is 0 Å². The minimum absolute atomic E-state index is 0.140. The van der Waals surface area contributed by atoms with Gasteiger partial charge in [0, 0.05) is 5.69 Å². The maximum atomic E-state index is 12.5. The number of halogens is 1. The van der Waals surface area contributed by atoms with Crippen LogP contribution in [0.5, 0.6) is 0 Å². The minimum Gasteiger partial charge on any atom is -0.325 e. The molecule has 0 unspecified atom stereocenters. The van der Waals surface area contributed by atoms with E-state index in [0.29, 0.717) is 12.2 Å². The molecule has 0 spiro atoms. The highest BCUT2D eigenvalue weighted by atomic mass is 19.1. The van der Waals surface area contributed by atoms with Gasteiger partial charge in [-0.15, -0.1) is 6.42 Å². The van der Waals surface area contributed by atoms with Gasteiger partial charge in [-0.2, -0.15) is 0 Å². The van der Waals surface area contributed by atoms with Crippen molar-refractivity contribution in [3.8, 4) is 12.3 Å². The Kier molecular flexibility index (Phi) is 4.32. The predicted molar refractivity (Wildman–Crippen MR) is 56.7 cm³/mol. The highest BCUT2D eigenvalue weighted by Gasteiger charge is 2.00. The zero-order chi connectivity index (χ0) is 11.1.